The highest BCUT2D eigenvalue weighted by Crippen LogP contribution is 2.47. The van der Waals surface area contributed by atoms with Crippen molar-refractivity contribution in [1.29, 1.82) is 0 Å². The van der Waals surface area contributed by atoms with Crippen LogP contribution in [0, 0.1) is 0 Å². The Bertz CT molecular complexity index is 6150. The minimum Gasteiger partial charge on any atom is -0.456 e. The molecule has 2 nitrogen and oxygen atoms in total. The Morgan fingerprint density at radius 2 is 0.573 bits per heavy atom. The number of fused-ring (bicyclic) bond motifs is 11. The molecule has 0 fully saturated rings. The average Bonchev–Trinajstić information content (AvgIpc) is 0.837. The van der Waals surface area contributed by atoms with E-state index in [4.69, 9.17) is 30.8 Å². The Morgan fingerprint density at radius 3 is 1.11 bits per heavy atom. The van der Waals surface area contributed by atoms with Gasteiger partial charge in [-0.3, -0.25) is 0 Å². The Kier molecular flexibility index (Phi) is 8.00. The van der Waals surface area contributed by atoms with Gasteiger partial charge in [0.15, 0.2) is 0 Å². The lowest BCUT2D eigenvalue weighted by molar-refractivity contribution is 0.669. The molecule has 0 radical (unpaired) electrons. The van der Waals surface area contributed by atoms with Gasteiger partial charge in [-0.25, -0.2) is 0 Å². The molecule has 0 N–H and O–H groups in total. The largest absolute Gasteiger partial charge is 0.456 e. The first-order valence-electron chi connectivity index (χ1n) is 34.8. The van der Waals surface area contributed by atoms with Gasteiger partial charge in [0.1, 0.15) is 22.3 Å². The fraction of sp³-hybridized carbons (Fsp3) is 0. The number of hydrogen-bond acceptors (Lipinski definition) is 2. The summed E-state index contributed by atoms with van der Waals surface area (Å²) in [7, 11) is 0. The second kappa shape index (κ2) is 19.5. The molecule has 2 aromatic heterocycles. The summed E-state index contributed by atoms with van der Waals surface area (Å²) in [5, 5.41) is 7.07. The highest BCUT2D eigenvalue weighted by Gasteiger charge is 2.20. The van der Waals surface area contributed by atoms with Crippen LogP contribution in [0.15, 0.2) is 312 Å². The van der Waals surface area contributed by atoms with E-state index in [-0.39, 0.29) is 91.4 Å². The zero-order chi connectivity index (χ0) is 68.0. The minimum atomic E-state index is -0.426. The molecule has 0 atom stereocenters. The Hall–Kier alpha value is -10.8. The van der Waals surface area contributed by atoms with Crippen LogP contribution in [0.5, 0.6) is 0 Å². The lowest BCUT2D eigenvalue weighted by Crippen LogP contribution is -1.90. The smallest absolute Gasteiger partial charge is 0.143 e. The molecule has 15 aromatic carbocycles. The van der Waals surface area contributed by atoms with E-state index in [1.807, 2.05) is 133 Å². The number of furan rings is 2. The van der Waals surface area contributed by atoms with Crippen LogP contribution in [-0.2, 0) is 0 Å². The first-order valence-corrected chi connectivity index (χ1v) is 26.8. The van der Waals surface area contributed by atoms with Crippen LogP contribution in [0.25, 0.3) is 165 Å². The van der Waals surface area contributed by atoms with E-state index in [0.717, 1.165) is 65.7 Å². The molecule has 0 saturated heterocycles. The van der Waals surface area contributed by atoms with Crippen LogP contribution in [0.2, 0.25) is 0 Å². The summed E-state index contributed by atoms with van der Waals surface area (Å²) in [6.07, 6.45) is 0. The monoisotopic (exact) mass is 1060 g/mol. The van der Waals surface area contributed by atoms with Gasteiger partial charge in [-0.15, -0.1) is 0 Å². The number of para-hydroxylation sites is 2. The molecule has 17 aromatic rings. The SMILES string of the molecule is [2H]c1c([2H])c([2H])c2c(-c3ccc4cc(-c5ccc6oc7ccccc7c6c5)ccc4c3)c3c([2H])c([2H])c([2H])c([2H])c3c(-c3ccccc3)c2c1[2H].[2H]c1c([2H])c([2H])c2c(-c3ccc4oc5c(-c6ccccc6)cccc5c4c3)c3c([2H])c([2H])c([2H])c([2H])c3c(-c3ccccc3)c2c1[2H]. The summed E-state index contributed by atoms with van der Waals surface area (Å²) in [6, 6.07) is 59.7. The van der Waals surface area contributed by atoms with Crippen molar-refractivity contribution in [3.05, 3.63) is 303 Å². The van der Waals surface area contributed by atoms with Gasteiger partial charge in [-0.05, 0) is 158 Å². The third-order valence-corrected chi connectivity index (χ3v) is 15.6. The van der Waals surface area contributed by atoms with Crippen molar-refractivity contribution in [1.82, 2.24) is 0 Å². The predicted octanol–water partition coefficient (Wildman–Crippen LogP) is 22.9. The van der Waals surface area contributed by atoms with E-state index in [1.165, 1.54) is 0 Å². The zero-order valence-corrected chi connectivity index (χ0v) is 43.4. The van der Waals surface area contributed by atoms with E-state index < -0.39 is 48.3 Å². The van der Waals surface area contributed by atoms with Gasteiger partial charge in [-0.2, -0.15) is 0 Å². The summed E-state index contributed by atoms with van der Waals surface area (Å²) in [4.78, 5) is 0. The van der Waals surface area contributed by atoms with E-state index in [1.54, 1.807) is 60.7 Å². The summed E-state index contributed by atoms with van der Waals surface area (Å²) in [5.41, 5.74) is 10.5. The molecule has 82 heavy (non-hydrogen) atoms. The maximum Gasteiger partial charge on any atom is 0.143 e. The molecule has 0 unspecified atom stereocenters. The molecule has 0 aliphatic rings. The van der Waals surface area contributed by atoms with Gasteiger partial charge in [0.05, 0.1) is 21.9 Å². The highest BCUT2D eigenvalue weighted by atomic mass is 16.3. The van der Waals surface area contributed by atoms with Crippen molar-refractivity contribution in [2.45, 2.75) is 0 Å². The van der Waals surface area contributed by atoms with Gasteiger partial charge in [0.2, 0.25) is 0 Å². The number of rotatable bonds is 6. The van der Waals surface area contributed by atoms with Gasteiger partial charge in [-0.1, -0.05) is 260 Å². The minimum absolute atomic E-state index is 0.185. The molecule has 2 heterocycles. The molecule has 0 aliphatic heterocycles. The zero-order valence-electron chi connectivity index (χ0n) is 59.4. The first-order chi connectivity index (χ1) is 47.3. The maximum atomic E-state index is 9.16. The summed E-state index contributed by atoms with van der Waals surface area (Å²) >= 11 is 0. The fourth-order valence-corrected chi connectivity index (χ4v) is 11.9. The normalized spacial score (nSPS) is 14.4. The fourth-order valence-electron chi connectivity index (χ4n) is 11.9. The highest BCUT2D eigenvalue weighted by molar-refractivity contribution is 6.24. The standard InChI is InChI=1S/C42H26O.C38H24O/c1-2-10-27(11-3-1)41-34-13-4-6-15-36(34)42(37-16-7-5-14-35(37)41)32-21-20-28-24-29(18-19-30(28)25-32)31-22-23-40-38(26-31)33-12-8-9-17-39(33)43-40;1-3-12-25(13-4-1)28-20-11-21-33-34-24-27(22-23-35(34)39-38(28)33)37-31-18-9-7-16-29(31)36(26-14-5-2-6-15-26)30-17-8-10-19-32(30)37/h1-26H;1-24H/i4D,5D,6D,7D,13D,14D,15D,16D;7D,8D,9D,10D,16D,17D,18D,19D. The van der Waals surface area contributed by atoms with Crippen LogP contribution < -0.4 is 0 Å². The maximum absolute atomic E-state index is 9.16. The Labute approximate surface area is 496 Å². The van der Waals surface area contributed by atoms with Gasteiger partial charge >= 0.3 is 0 Å². The Balaban J connectivity index is 0.000000154. The molecule has 17 rings (SSSR count). The van der Waals surface area contributed by atoms with Crippen molar-refractivity contribution in [2.75, 3.05) is 0 Å². The van der Waals surface area contributed by atoms with Crippen LogP contribution in [0.3, 0.4) is 0 Å². The molecule has 2 heteroatoms. The predicted molar refractivity (Wildman–Crippen MR) is 348 cm³/mol. The van der Waals surface area contributed by atoms with Crippen LogP contribution in [0.1, 0.15) is 21.9 Å². The van der Waals surface area contributed by atoms with Crippen LogP contribution in [-0.4, -0.2) is 0 Å². The Morgan fingerprint density at radius 1 is 0.220 bits per heavy atom. The van der Waals surface area contributed by atoms with E-state index in [9.17, 15) is 0 Å². The molecule has 0 bridgehead atoms. The quantitative estimate of drug-likeness (QED) is 0.155. The van der Waals surface area contributed by atoms with Gasteiger partial charge in [0.25, 0.3) is 0 Å². The summed E-state index contributed by atoms with van der Waals surface area (Å²) in [5.74, 6) is 0. The van der Waals surface area contributed by atoms with Gasteiger partial charge in [0, 0.05) is 27.1 Å². The first kappa shape index (κ1) is 33.6. The third-order valence-electron chi connectivity index (χ3n) is 15.6. The van der Waals surface area contributed by atoms with E-state index in [0.29, 0.717) is 55.7 Å². The van der Waals surface area contributed by atoms with Crippen molar-refractivity contribution in [3.63, 3.8) is 0 Å². The van der Waals surface area contributed by atoms with Gasteiger partial charge < -0.3 is 8.83 Å². The van der Waals surface area contributed by atoms with Crippen molar-refractivity contribution in [2.24, 2.45) is 0 Å². The van der Waals surface area contributed by atoms with Crippen LogP contribution in [0.4, 0.5) is 0 Å². The van der Waals surface area contributed by atoms with Crippen molar-refractivity contribution >= 4 is 97.7 Å². The second-order valence-corrected chi connectivity index (χ2v) is 20.2. The number of benzene rings is 15. The molecular weight excluding hydrogens is 993 g/mol. The topological polar surface area (TPSA) is 26.3 Å². The number of hydrogen-bond donors (Lipinski definition) is 0. The van der Waals surface area contributed by atoms with E-state index in [2.05, 4.69) is 12.1 Å². The summed E-state index contributed by atoms with van der Waals surface area (Å²) in [6.45, 7) is 0. The summed E-state index contributed by atoms with van der Waals surface area (Å²) < 4.78 is 154. The molecular formula is C80H50O2. The van der Waals surface area contributed by atoms with Crippen molar-refractivity contribution in [3.8, 4) is 66.8 Å². The lowest BCUT2D eigenvalue weighted by Gasteiger charge is -2.18. The van der Waals surface area contributed by atoms with Crippen LogP contribution >= 0.6 is 0 Å². The molecule has 0 aliphatic carbocycles. The second-order valence-electron chi connectivity index (χ2n) is 20.2. The lowest BCUT2D eigenvalue weighted by atomic mass is 9.85. The molecule has 382 valence electrons. The molecule has 0 amide bonds. The third kappa shape index (κ3) is 7.87. The molecule has 0 saturated carbocycles. The average molecular weight is 1060 g/mol. The van der Waals surface area contributed by atoms with E-state index >= 15 is 0 Å². The van der Waals surface area contributed by atoms with Crippen molar-refractivity contribution < 1.29 is 30.8 Å². The molecule has 0 spiro atoms.